The zero-order valence-electron chi connectivity index (χ0n) is 17.8. The standard InChI is InChI=1S/C25H26N4O2/c1-16-6-7-19(17(2)10-16)11-21-15-30-29-25(28-21)23-13-26-27-14-24(23)31-22-5-3-4-20(12-22)18-8-9-18/h3-7,10,12-14,18,21H,8-9,11,15H2,1-2H3,(H,28,29)/t21-/m1/s1. The van der Waals surface area contributed by atoms with Crippen LogP contribution in [-0.4, -0.2) is 28.7 Å². The normalized spacial score (nSPS) is 18.3. The number of ether oxygens (including phenoxy) is 1. The summed E-state index contributed by atoms with van der Waals surface area (Å²) in [7, 11) is 0. The molecule has 0 spiro atoms. The Labute approximate surface area is 182 Å². The number of aromatic nitrogens is 2. The van der Waals surface area contributed by atoms with E-state index in [0.29, 0.717) is 24.1 Å². The van der Waals surface area contributed by atoms with Crippen LogP contribution < -0.4 is 10.2 Å². The van der Waals surface area contributed by atoms with Crippen LogP contribution in [0, 0.1) is 13.8 Å². The van der Waals surface area contributed by atoms with Gasteiger partial charge in [0.05, 0.1) is 30.6 Å². The molecule has 1 atom stereocenters. The topological polar surface area (TPSA) is 68.6 Å². The summed E-state index contributed by atoms with van der Waals surface area (Å²) in [6.07, 6.45) is 6.61. The maximum Gasteiger partial charge on any atom is 0.160 e. The van der Waals surface area contributed by atoms with Crippen molar-refractivity contribution in [3.05, 3.63) is 82.7 Å². The van der Waals surface area contributed by atoms with E-state index in [1.54, 1.807) is 12.4 Å². The quantitative estimate of drug-likeness (QED) is 0.636. The summed E-state index contributed by atoms with van der Waals surface area (Å²) >= 11 is 0. The smallest absolute Gasteiger partial charge is 0.160 e. The highest BCUT2D eigenvalue weighted by atomic mass is 16.6. The van der Waals surface area contributed by atoms with Gasteiger partial charge in [-0.25, -0.2) is 5.48 Å². The van der Waals surface area contributed by atoms with Gasteiger partial charge >= 0.3 is 0 Å². The van der Waals surface area contributed by atoms with Gasteiger partial charge in [-0.2, -0.15) is 10.2 Å². The lowest BCUT2D eigenvalue weighted by Crippen LogP contribution is -2.37. The van der Waals surface area contributed by atoms with E-state index in [-0.39, 0.29) is 6.04 Å². The van der Waals surface area contributed by atoms with Crippen LogP contribution in [-0.2, 0) is 11.3 Å². The number of hydrogen-bond acceptors (Lipinski definition) is 6. The maximum atomic E-state index is 6.19. The fourth-order valence-electron chi connectivity index (χ4n) is 3.95. The lowest BCUT2D eigenvalue weighted by molar-refractivity contribution is 0.0623. The van der Waals surface area contributed by atoms with E-state index in [4.69, 9.17) is 14.6 Å². The molecule has 2 aromatic carbocycles. The molecule has 0 amide bonds. The average molecular weight is 415 g/mol. The molecule has 1 aromatic heterocycles. The predicted molar refractivity (Wildman–Crippen MR) is 120 cm³/mol. The van der Waals surface area contributed by atoms with E-state index in [1.807, 2.05) is 12.1 Å². The highest BCUT2D eigenvalue weighted by molar-refractivity contribution is 6.00. The van der Waals surface area contributed by atoms with E-state index >= 15 is 0 Å². The number of nitrogens with one attached hydrogen (secondary N) is 1. The van der Waals surface area contributed by atoms with Crippen molar-refractivity contribution in [3.63, 3.8) is 0 Å². The first-order valence-corrected chi connectivity index (χ1v) is 10.8. The first-order valence-electron chi connectivity index (χ1n) is 10.8. The molecule has 6 heteroatoms. The Morgan fingerprint density at radius 2 is 1.94 bits per heavy atom. The number of rotatable bonds is 6. The second-order valence-corrected chi connectivity index (χ2v) is 8.39. The lowest BCUT2D eigenvalue weighted by atomic mass is 9.99. The summed E-state index contributed by atoms with van der Waals surface area (Å²) in [5.74, 6) is 2.68. The minimum absolute atomic E-state index is 0.0110. The summed E-state index contributed by atoms with van der Waals surface area (Å²) in [5.41, 5.74) is 8.83. The average Bonchev–Trinajstić information content (AvgIpc) is 3.62. The second kappa shape index (κ2) is 8.47. The van der Waals surface area contributed by atoms with Crippen molar-refractivity contribution in [2.75, 3.05) is 6.61 Å². The third-order valence-electron chi connectivity index (χ3n) is 5.79. The van der Waals surface area contributed by atoms with E-state index in [0.717, 1.165) is 17.7 Å². The SMILES string of the molecule is Cc1ccc(C[C@@H]2CONC(c3cnncc3Oc3cccc(C4CC4)c3)=N2)c(C)c1. The summed E-state index contributed by atoms with van der Waals surface area (Å²) in [6, 6.07) is 14.8. The number of hydrogen-bond donors (Lipinski definition) is 1. The van der Waals surface area contributed by atoms with E-state index in [9.17, 15) is 0 Å². The minimum atomic E-state index is 0.0110. The molecule has 2 heterocycles. The van der Waals surface area contributed by atoms with Crippen LogP contribution in [0.25, 0.3) is 0 Å². The summed E-state index contributed by atoms with van der Waals surface area (Å²) in [6.45, 7) is 4.76. The molecule has 1 saturated carbocycles. The molecule has 0 unspecified atom stereocenters. The monoisotopic (exact) mass is 414 g/mol. The van der Waals surface area contributed by atoms with Crippen LogP contribution in [0.3, 0.4) is 0 Å². The van der Waals surface area contributed by atoms with Gasteiger partial charge in [-0.1, -0.05) is 35.9 Å². The largest absolute Gasteiger partial charge is 0.455 e. The van der Waals surface area contributed by atoms with Crippen LogP contribution in [0.15, 0.2) is 59.9 Å². The minimum Gasteiger partial charge on any atom is -0.455 e. The van der Waals surface area contributed by atoms with Crippen molar-refractivity contribution in [1.29, 1.82) is 0 Å². The fourth-order valence-corrected chi connectivity index (χ4v) is 3.95. The second-order valence-electron chi connectivity index (χ2n) is 8.39. The molecule has 0 bridgehead atoms. The molecule has 3 aromatic rings. The first kappa shape index (κ1) is 19.7. The van der Waals surface area contributed by atoms with Crippen LogP contribution in [0.5, 0.6) is 11.5 Å². The van der Waals surface area contributed by atoms with Gasteiger partial charge in [0.15, 0.2) is 11.6 Å². The number of amidine groups is 1. The molecule has 1 aliphatic carbocycles. The highest BCUT2D eigenvalue weighted by Gasteiger charge is 2.24. The summed E-state index contributed by atoms with van der Waals surface area (Å²) in [5, 5.41) is 8.06. The third kappa shape index (κ3) is 4.59. The Morgan fingerprint density at radius 1 is 1.06 bits per heavy atom. The summed E-state index contributed by atoms with van der Waals surface area (Å²) in [4.78, 5) is 10.6. The number of nitrogens with zero attached hydrogens (tertiary/aromatic N) is 3. The molecular formula is C25H26N4O2. The summed E-state index contributed by atoms with van der Waals surface area (Å²) < 4.78 is 6.19. The molecule has 0 saturated heterocycles. The molecular weight excluding hydrogens is 388 g/mol. The van der Waals surface area contributed by atoms with Crippen molar-refractivity contribution in [2.45, 2.75) is 45.1 Å². The molecule has 5 rings (SSSR count). The Morgan fingerprint density at radius 3 is 2.77 bits per heavy atom. The van der Waals surface area contributed by atoms with Gasteiger partial charge in [-0.15, -0.1) is 0 Å². The molecule has 1 aliphatic heterocycles. The lowest BCUT2D eigenvalue weighted by Gasteiger charge is -2.23. The van der Waals surface area contributed by atoms with Gasteiger partial charge in [0.25, 0.3) is 0 Å². The van der Waals surface area contributed by atoms with Crippen molar-refractivity contribution in [3.8, 4) is 11.5 Å². The van der Waals surface area contributed by atoms with Crippen LogP contribution in [0.2, 0.25) is 0 Å². The molecule has 1 fully saturated rings. The van der Waals surface area contributed by atoms with Gasteiger partial charge in [-0.05, 0) is 67.9 Å². The van der Waals surface area contributed by atoms with Crippen LogP contribution in [0.4, 0.5) is 0 Å². The highest BCUT2D eigenvalue weighted by Crippen LogP contribution is 2.41. The van der Waals surface area contributed by atoms with Gasteiger partial charge < -0.3 is 4.74 Å². The van der Waals surface area contributed by atoms with E-state index in [1.165, 1.54) is 35.1 Å². The molecule has 2 aliphatic rings. The van der Waals surface area contributed by atoms with E-state index < -0.39 is 0 Å². The molecule has 1 N–H and O–H groups in total. The maximum absolute atomic E-state index is 6.19. The van der Waals surface area contributed by atoms with Crippen molar-refractivity contribution in [2.24, 2.45) is 4.99 Å². The number of benzene rings is 2. The Kier molecular flexibility index (Phi) is 5.38. The van der Waals surface area contributed by atoms with Crippen molar-refractivity contribution < 1.29 is 9.57 Å². The number of aryl methyl sites for hydroxylation is 2. The third-order valence-corrected chi connectivity index (χ3v) is 5.79. The molecule has 31 heavy (non-hydrogen) atoms. The Balaban J connectivity index is 1.38. The Bertz CT molecular complexity index is 1120. The number of aliphatic imine (C=N–C) groups is 1. The van der Waals surface area contributed by atoms with Gasteiger partial charge in [-0.3, -0.25) is 9.83 Å². The van der Waals surface area contributed by atoms with Gasteiger partial charge in [0.1, 0.15) is 5.75 Å². The van der Waals surface area contributed by atoms with Crippen LogP contribution in [0.1, 0.15) is 46.6 Å². The fraction of sp³-hybridized carbons (Fsp3) is 0.320. The van der Waals surface area contributed by atoms with Gasteiger partial charge in [0.2, 0.25) is 0 Å². The molecule has 6 nitrogen and oxygen atoms in total. The van der Waals surface area contributed by atoms with E-state index in [2.05, 4.69) is 59.9 Å². The van der Waals surface area contributed by atoms with Crippen LogP contribution >= 0.6 is 0 Å². The Hall–Kier alpha value is -3.25. The zero-order valence-corrected chi connectivity index (χ0v) is 17.8. The molecule has 158 valence electrons. The van der Waals surface area contributed by atoms with Crippen molar-refractivity contribution in [1.82, 2.24) is 15.7 Å². The first-order chi connectivity index (χ1) is 15.2. The zero-order chi connectivity index (χ0) is 21.2. The van der Waals surface area contributed by atoms with Crippen molar-refractivity contribution >= 4 is 5.84 Å². The predicted octanol–water partition coefficient (Wildman–Crippen LogP) is 4.66. The number of hydroxylamine groups is 1. The molecule has 0 radical (unpaired) electrons. The van der Waals surface area contributed by atoms with Gasteiger partial charge in [0, 0.05) is 0 Å².